The first-order valence-corrected chi connectivity index (χ1v) is 8.99. The number of nitrogens with one attached hydrogen (secondary N) is 1. The highest BCUT2D eigenvalue weighted by Gasteiger charge is 2.22. The molecule has 2 rings (SSSR count). The monoisotopic (exact) mass is 376 g/mol. The van der Waals surface area contributed by atoms with Gasteiger partial charge in [0.25, 0.3) is 11.6 Å². The van der Waals surface area contributed by atoms with Crippen molar-refractivity contribution in [1.29, 1.82) is 0 Å². The van der Waals surface area contributed by atoms with Gasteiger partial charge in [-0.05, 0) is 43.0 Å². The number of thioether (sulfide) groups is 1. The molecule has 0 bridgehead atoms. The van der Waals surface area contributed by atoms with E-state index >= 15 is 0 Å². The summed E-state index contributed by atoms with van der Waals surface area (Å²) in [5.74, 6) is 0.620. The number of hydrogen-bond acceptors (Lipinski definition) is 6. The Morgan fingerprint density at radius 2 is 1.85 bits per heavy atom. The van der Waals surface area contributed by atoms with Gasteiger partial charge in [-0.15, -0.1) is 11.8 Å². The number of ether oxygens (including phenoxy) is 2. The van der Waals surface area contributed by atoms with Gasteiger partial charge in [-0.2, -0.15) is 0 Å². The number of hydrogen-bond donors (Lipinski definition) is 1. The summed E-state index contributed by atoms with van der Waals surface area (Å²) in [5.41, 5.74) is 0.605. The third kappa shape index (κ3) is 4.26. The van der Waals surface area contributed by atoms with Gasteiger partial charge in [0.1, 0.15) is 5.56 Å². The highest BCUT2D eigenvalue weighted by atomic mass is 32.2. The molecule has 1 atom stereocenters. The molecule has 0 aromatic heterocycles. The molecule has 138 valence electrons. The van der Waals surface area contributed by atoms with Gasteiger partial charge in [-0.3, -0.25) is 14.9 Å². The SMILES string of the molecule is COc1ccc(C(C)NC(=O)c2cc(SC)ccc2[N+](=O)[O-])cc1OC. The fourth-order valence-corrected chi connectivity index (χ4v) is 2.90. The number of nitrogens with zero attached hydrogens (tertiary/aromatic N) is 1. The number of nitro groups is 1. The molecule has 0 aliphatic rings. The van der Waals surface area contributed by atoms with Crippen LogP contribution in [0.25, 0.3) is 0 Å². The molecule has 1 amide bonds. The molecule has 26 heavy (non-hydrogen) atoms. The van der Waals surface area contributed by atoms with Crippen LogP contribution in [0.4, 0.5) is 5.69 Å². The third-order valence-corrected chi connectivity index (χ3v) is 4.63. The maximum absolute atomic E-state index is 12.6. The minimum Gasteiger partial charge on any atom is -0.493 e. The number of carbonyl (C=O) groups excluding carboxylic acids is 1. The summed E-state index contributed by atoms with van der Waals surface area (Å²) in [6.45, 7) is 1.80. The first-order chi connectivity index (χ1) is 12.4. The first-order valence-electron chi connectivity index (χ1n) is 7.76. The number of rotatable bonds is 7. The van der Waals surface area contributed by atoms with Gasteiger partial charge in [0, 0.05) is 11.0 Å². The lowest BCUT2D eigenvalue weighted by Gasteiger charge is -2.17. The summed E-state index contributed by atoms with van der Waals surface area (Å²) in [5, 5.41) is 14.0. The fourth-order valence-electron chi connectivity index (χ4n) is 2.46. The Balaban J connectivity index is 2.28. The molecule has 0 saturated carbocycles. The van der Waals surface area contributed by atoms with Crippen molar-refractivity contribution in [1.82, 2.24) is 5.32 Å². The second-order valence-electron chi connectivity index (χ2n) is 5.45. The smallest absolute Gasteiger partial charge is 0.282 e. The highest BCUT2D eigenvalue weighted by molar-refractivity contribution is 7.98. The van der Waals surface area contributed by atoms with E-state index in [2.05, 4.69) is 5.32 Å². The predicted octanol–water partition coefficient (Wildman–Crippen LogP) is 3.82. The molecule has 0 aliphatic carbocycles. The molecule has 0 radical (unpaired) electrons. The molecule has 1 unspecified atom stereocenters. The van der Waals surface area contributed by atoms with Crippen LogP contribution in [0.5, 0.6) is 11.5 Å². The molecule has 7 nitrogen and oxygen atoms in total. The fraction of sp³-hybridized carbons (Fsp3) is 0.278. The first kappa shape index (κ1) is 19.6. The maximum atomic E-state index is 12.6. The number of carbonyl (C=O) groups is 1. The summed E-state index contributed by atoms with van der Waals surface area (Å²) >= 11 is 1.41. The van der Waals surface area contributed by atoms with Crippen molar-refractivity contribution < 1.29 is 19.2 Å². The van der Waals surface area contributed by atoms with Crippen LogP contribution in [-0.2, 0) is 0 Å². The molecular weight excluding hydrogens is 356 g/mol. The minimum absolute atomic E-state index is 0.0363. The second kappa shape index (κ2) is 8.57. The lowest BCUT2D eigenvalue weighted by molar-refractivity contribution is -0.385. The quantitative estimate of drug-likeness (QED) is 0.449. The van der Waals surface area contributed by atoms with E-state index in [0.717, 1.165) is 10.5 Å². The van der Waals surface area contributed by atoms with Crippen molar-refractivity contribution >= 4 is 23.4 Å². The number of benzene rings is 2. The van der Waals surface area contributed by atoms with Crippen molar-refractivity contribution in [2.45, 2.75) is 17.9 Å². The topological polar surface area (TPSA) is 90.7 Å². The Bertz CT molecular complexity index is 825. The Hall–Kier alpha value is -2.74. The lowest BCUT2D eigenvalue weighted by Crippen LogP contribution is -2.27. The third-order valence-electron chi connectivity index (χ3n) is 3.90. The molecule has 2 aromatic carbocycles. The summed E-state index contributed by atoms with van der Waals surface area (Å²) in [6, 6.07) is 9.43. The van der Waals surface area contributed by atoms with E-state index in [4.69, 9.17) is 9.47 Å². The van der Waals surface area contributed by atoms with Gasteiger partial charge < -0.3 is 14.8 Å². The molecule has 1 N–H and O–H groups in total. The van der Waals surface area contributed by atoms with E-state index in [1.54, 1.807) is 38.3 Å². The number of amides is 1. The van der Waals surface area contributed by atoms with E-state index in [1.165, 1.54) is 31.0 Å². The van der Waals surface area contributed by atoms with Crippen molar-refractivity contribution in [2.24, 2.45) is 0 Å². The van der Waals surface area contributed by atoms with E-state index in [1.807, 2.05) is 6.26 Å². The summed E-state index contributed by atoms with van der Waals surface area (Å²) in [6.07, 6.45) is 1.84. The molecule has 2 aromatic rings. The lowest BCUT2D eigenvalue weighted by atomic mass is 10.1. The van der Waals surface area contributed by atoms with Gasteiger partial charge in [-0.1, -0.05) is 6.07 Å². The Morgan fingerprint density at radius 1 is 1.15 bits per heavy atom. The van der Waals surface area contributed by atoms with Crippen LogP contribution in [-0.4, -0.2) is 31.3 Å². The minimum atomic E-state index is -0.555. The van der Waals surface area contributed by atoms with Crippen LogP contribution in [0.15, 0.2) is 41.3 Å². The van der Waals surface area contributed by atoms with Crippen LogP contribution >= 0.6 is 11.8 Å². The van der Waals surface area contributed by atoms with Crippen LogP contribution in [0.2, 0.25) is 0 Å². The zero-order valence-electron chi connectivity index (χ0n) is 14.9. The largest absolute Gasteiger partial charge is 0.493 e. The number of nitro benzene ring substituents is 1. The maximum Gasteiger partial charge on any atom is 0.282 e. The van der Waals surface area contributed by atoms with Crippen LogP contribution in [0, 0.1) is 10.1 Å². The standard InChI is InChI=1S/C18H20N2O5S/c1-11(12-5-8-16(24-2)17(9-12)25-3)19-18(21)14-10-13(26-4)6-7-15(14)20(22)23/h5-11H,1-4H3,(H,19,21). The zero-order chi connectivity index (χ0) is 19.3. The summed E-state index contributed by atoms with van der Waals surface area (Å²) in [7, 11) is 3.07. The molecule has 0 saturated heterocycles. The molecule has 0 aliphatic heterocycles. The average Bonchev–Trinajstić information content (AvgIpc) is 2.66. The van der Waals surface area contributed by atoms with Crippen LogP contribution in [0.3, 0.4) is 0 Å². The van der Waals surface area contributed by atoms with Crippen LogP contribution in [0.1, 0.15) is 28.9 Å². The van der Waals surface area contributed by atoms with E-state index in [9.17, 15) is 14.9 Å². The molecule has 0 spiro atoms. The van der Waals surface area contributed by atoms with Crippen molar-refractivity contribution in [3.8, 4) is 11.5 Å². The summed E-state index contributed by atoms with van der Waals surface area (Å²) < 4.78 is 10.5. The number of methoxy groups -OCH3 is 2. The normalized spacial score (nSPS) is 11.5. The van der Waals surface area contributed by atoms with E-state index in [0.29, 0.717) is 11.5 Å². The van der Waals surface area contributed by atoms with Crippen molar-refractivity contribution in [3.05, 3.63) is 57.6 Å². The van der Waals surface area contributed by atoms with Crippen LogP contribution < -0.4 is 14.8 Å². The van der Waals surface area contributed by atoms with Gasteiger partial charge in [0.05, 0.1) is 25.2 Å². The molecule has 0 fully saturated rings. The Labute approximate surface area is 155 Å². The molecular formula is C18H20N2O5S. The average molecular weight is 376 g/mol. The van der Waals surface area contributed by atoms with E-state index in [-0.39, 0.29) is 17.3 Å². The van der Waals surface area contributed by atoms with E-state index < -0.39 is 10.8 Å². The van der Waals surface area contributed by atoms with Crippen molar-refractivity contribution in [2.75, 3.05) is 20.5 Å². The Kier molecular flexibility index (Phi) is 6.46. The zero-order valence-corrected chi connectivity index (χ0v) is 15.8. The summed E-state index contributed by atoms with van der Waals surface area (Å²) in [4.78, 5) is 24.1. The molecule has 8 heteroatoms. The highest BCUT2D eigenvalue weighted by Crippen LogP contribution is 2.30. The predicted molar refractivity (Wildman–Crippen MR) is 100 cm³/mol. The molecule has 0 heterocycles. The van der Waals surface area contributed by atoms with Gasteiger partial charge in [-0.25, -0.2) is 0 Å². The Morgan fingerprint density at radius 3 is 2.42 bits per heavy atom. The van der Waals surface area contributed by atoms with Gasteiger partial charge in [0.15, 0.2) is 11.5 Å². The van der Waals surface area contributed by atoms with Gasteiger partial charge in [0.2, 0.25) is 0 Å². The van der Waals surface area contributed by atoms with Gasteiger partial charge >= 0.3 is 0 Å². The second-order valence-corrected chi connectivity index (χ2v) is 6.33. The van der Waals surface area contributed by atoms with Crippen molar-refractivity contribution in [3.63, 3.8) is 0 Å².